The van der Waals surface area contributed by atoms with Crippen molar-refractivity contribution in [1.29, 1.82) is 0 Å². The van der Waals surface area contributed by atoms with E-state index in [1.165, 1.54) is 25.7 Å². The van der Waals surface area contributed by atoms with E-state index in [1.807, 2.05) is 0 Å². The van der Waals surface area contributed by atoms with Crippen molar-refractivity contribution in [3.05, 3.63) is 19.1 Å². The summed E-state index contributed by atoms with van der Waals surface area (Å²) in [6.07, 6.45) is 12.4. The molecule has 0 amide bonds. The number of unbranched alkanes of at least 4 members (excludes halogenated alkanes) is 4. The molecule has 0 fully saturated rings. The minimum Gasteiger partial charge on any atom is -1.00 e. The average molecular weight is 379 g/mol. The molecular weight excluding hydrogens is 351 g/mol. The molecule has 104 valence electrons. The fourth-order valence-corrected chi connectivity index (χ4v) is 1.37. The molecule has 18 heavy (non-hydrogen) atoms. The van der Waals surface area contributed by atoms with Crippen LogP contribution in [0.4, 0.5) is 0 Å². The maximum Gasteiger partial charge on any atom is 2.00 e. The third kappa shape index (κ3) is 22.3. The molecule has 0 rings (SSSR count). The molecule has 0 spiro atoms. The van der Waals surface area contributed by atoms with Gasteiger partial charge in [0.15, 0.2) is 0 Å². The summed E-state index contributed by atoms with van der Waals surface area (Å²) in [4.78, 5) is 0. The Morgan fingerprint density at radius 3 is 2.28 bits per heavy atom. The Bertz CT molecular complexity index is 155. The molecule has 0 aliphatic rings. The zero-order chi connectivity index (χ0) is 11.9. The van der Waals surface area contributed by atoms with E-state index >= 15 is 0 Å². The molecule has 0 atom stereocenters. The van der Waals surface area contributed by atoms with E-state index in [-0.39, 0.29) is 47.0 Å². The quantitative estimate of drug-likeness (QED) is 0.125. The van der Waals surface area contributed by atoms with Crippen LogP contribution in [-0.4, -0.2) is 43.1 Å². The molecule has 0 aromatic rings. The van der Waals surface area contributed by atoms with Crippen LogP contribution in [-0.2, 0) is 9.47 Å². The predicted molar refractivity (Wildman–Crippen MR) is 75.0 cm³/mol. The molecule has 0 saturated carbocycles. The Balaban J connectivity index is -0.00000112. The van der Waals surface area contributed by atoms with Crippen molar-refractivity contribution in [2.75, 3.05) is 20.0 Å². The summed E-state index contributed by atoms with van der Waals surface area (Å²) < 4.78 is 10.7. The summed E-state index contributed by atoms with van der Waals surface area (Å²) in [5, 5.41) is 0. The number of ether oxygens (including phenoxy) is 2. The van der Waals surface area contributed by atoms with Gasteiger partial charge in [0.1, 0.15) is 6.79 Å². The van der Waals surface area contributed by atoms with Crippen molar-refractivity contribution in [2.24, 2.45) is 0 Å². The number of rotatable bonds is 12. The molecule has 0 aromatic carbocycles. The van der Waals surface area contributed by atoms with Gasteiger partial charge in [-0.25, -0.2) is 0 Å². The summed E-state index contributed by atoms with van der Waals surface area (Å²) in [7, 11) is 0. The molecule has 0 aliphatic carbocycles. The summed E-state index contributed by atoms with van der Waals surface area (Å²) in [6.45, 7) is 7.96. The molecule has 0 saturated heterocycles. The summed E-state index contributed by atoms with van der Waals surface area (Å²) in [6, 6.07) is 0. The zero-order valence-corrected chi connectivity index (χ0v) is 15.4. The first-order valence-corrected chi connectivity index (χ1v) is 6.51. The predicted octanol–water partition coefficient (Wildman–Crippen LogP) is 0.741. The fraction of sp³-hybridized carbons (Fsp3) is 0.786. The van der Waals surface area contributed by atoms with E-state index in [4.69, 9.17) is 9.47 Å². The first-order valence-electron chi connectivity index (χ1n) is 6.51. The van der Waals surface area contributed by atoms with Crippen LogP contribution in [0.1, 0.15) is 51.9 Å². The fourth-order valence-electron chi connectivity index (χ4n) is 1.37. The molecule has 4 heteroatoms. The van der Waals surface area contributed by atoms with Gasteiger partial charge in [-0.3, -0.25) is 0 Å². The van der Waals surface area contributed by atoms with Crippen molar-refractivity contribution in [2.45, 2.75) is 51.9 Å². The SMILES string of the molecule is [CH2-]C/C=C\CCOCOCCCCCCC.[I-].[Mg+2]. The second-order valence-corrected chi connectivity index (χ2v) is 3.90. The van der Waals surface area contributed by atoms with Crippen LogP contribution in [0.25, 0.3) is 0 Å². The summed E-state index contributed by atoms with van der Waals surface area (Å²) in [5.74, 6) is 0. The van der Waals surface area contributed by atoms with Gasteiger partial charge in [-0.05, 0) is 12.8 Å². The molecular formula is C14H27IMgO2. The van der Waals surface area contributed by atoms with Crippen LogP contribution in [0.2, 0.25) is 0 Å². The van der Waals surface area contributed by atoms with Crippen LogP contribution < -0.4 is 24.0 Å². The topological polar surface area (TPSA) is 18.5 Å². The maximum absolute atomic E-state index is 5.36. The Morgan fingerprint density at radius 2 is 1.61 bits per heavy atom. The second-order valence-electron chi connectivity index (χ2n) is 3.90. The van der Waals surface area contributed by atoms with Gasteiger partial charge in [0.2, 0.25) is 0 Å². The zero-order valence-electron chi connectivity index (χ0n) is 11.8. The van der Waals surface area contributed by atoms with E-state index in [2.05, 4.69) is 26.0 Å². The van der Waals surface area contributed by atoms with Crippen LogP contribution in [0, 0.1) is 6.92 Å². The van der Waals surface area contributed by atoms with Crippen molar-refractivity contribution >= 4 is 23.1 Å². The molecule has 0 radical (unpaired) electrons. The average Bonchev–Trinajstić information content (AvgIpc) is 2.31. The largest absolute Gasteiger partial charge is 2.00 e. The molecule has 2 nitrogen and oxygen atoms in total. The van der Waals surface area contributed by atoms with E-state index in [1.54, 1.807) is 0 Å². The third-order valence-electron chi connectivity index (χ3n) is 2.32. The third-order valence-corrected chi connectivity index (χ3v) is 2.32. The molecule has 0 N–H and O–H groups in total. The van der Waals surface area contributed by atoms with Crippen molar-refractivity contribution in [1.82, 2.24) is 0 Å². The number of hydrogen-bond acceptors (Lipinski definition) is 2. The minimum absolute atomic E-state index is 0. The number of halogens is 1. The summed E-state index contributed by atoms with van der Waals surface area (Å²) >= 11 is 0. The van der Waals surface area contributed by atoms with Gasteiger partial charge in [0.05, 0.1) is 6.61 Å². The van der Waals surface area contributed by atoms with Crippen molar-refractivity contribution in [3.63, 3.8) is 0 Å². The molecule has 0 unspecified atom stereocenters. The minimum atomic E-state index is 0. The van der Waals surface area contributed by atoms with Gasteiger partial charge in [-0.2, -0.15) is 6.42 Å². The number of hydrogen-bond donors (Lipinski definition) is 0. The van der Waals surface area contributed by atoms with E-state index in [9.17, 15) is 0 Å². The van der Waals surface area contributed by atoms with Gasteiger partial charge in [0.25, 0.3) is 0 Å². The smallest absolute Gasteiger partial charge is 1.00 e. The molecule has 0 bridgehead atoms. The Kier molecular flexibility index (Phi) is 31.3. The van der Waals surface area contributed by atoms with Crippen LogP contribution in [0.15, 0.2) is 12.2 Å². The van der Waals surface area contributed by atoms with Crippen molar-refractivity contribution < 1.29 is 33.5 Å². The monoisotopic (exact) mass is 378 g/mol. The van der Waals surface area contributed by atoms with Gasteiger partial charge in [0, 0.05) is 6.61 Å². The first-order chi connectivity index (χ1) is 7.91. The van der Waals surface area contributed by atoms with Gasteiger partial charge in [-0.1, -0.05) is 38.7 Å². The normalized spacial score (nSPS) is 10.1. The van der Waals surface area contributed by atoms with Gasteiger partial charge in [-0.15, -0.1) is 6.08 Å². The molecule has 0 aliphatic heterocycles. The second kappa shape index (κ2) is 23.3. The Hall–Kier alpha value is 1.16. The number of allylic oxidation sites excluding steroid dienone is 1. The molecule has 0 aromatic heterocycles. The maximum atomic E-state index is 5.36. The van der Waals surface area contributed by atoms with Gasteiger partial charge >= 0.3 is 23.1 Å². The van der Waals surface area contributed by atoms with Gasteiger partial charge < -0.3 is 40.4 Å². The molecule has 0 heterocycles. The van der Waals surface area contributed by atoms with Crippen LogP contribution in [0.5, 0.6) is 0 Å². The van der Waals surface area contributed by atoms with Crippen molar-refractivity contribution in [3.8, 4) is 0 Å². The van der Waals surface area contributed by atoms with E-state index in [0.29, 0.717) is 6.79 Å². The first kappa shape index (κ1) is 24.2. The Morgan fingerprint density at radius 1 is 0.944 bits per heavy atom. The Labute approximate surface area is 146 Å². The van der Waals surface area contributed by atoms with E-state index < -0.39 is 0 Å². The van der Waals surface area contributed by atoms with E-state index in [0.717, 1.165) is 32.5 Å². The van der Waals surface area contributed by atoms with Crippen LogP contribution >= 0.6 is 0 Å². The van der Waals surface area contributed by atoms with Crippen LogP contribution in [0.3, 0.4) is 0 Å². The standard InChI is InChI=1S/C14H27O2.HI.Mg/c1-3-5-7-9-11-13-16-14-15-12-10-8-6-4-2;;/h6,8H,2-5,7,9-14H2,1H3;1H;/q-1;;+2/p-1/b8-6-;;. The summed E-state index contributed by atoms with van der Waals surface area (Å²) in [5.41, 5.74) is 0.